The second-order valence-electron chi connectivity index (χ2n) is 5.36. The molecular formula is C18H12ClN5O. The largest absolute Gasteiger partial charge is 0.305 e. The van der Waals surface area contributed by atoms with Crippen LogP contribution in [0.3, 0.4) is 0 Å². The highest BCUT2D eigenvalue weighted by Gasteiger charge is 2.06. The van der Waals surface area contributed by atoms with E-state index in [1.807, 2.05) is 30.3 Å². The van der Waals surface area contributed by atoms with E-state index >= 15 is 0 Å². The normalized spacial score (nSPS) is 11.8. The van der Waals surface area contributed by atoms with Crippen LogP contribution in [-0.2, 0) is 0 Å². The maximum Gasteiger partial charge on any atom is 0.259 e. The van der Waals surface area contributed by atoms with Crippen LogP contribution in [0.2, 0.25) is 0 Å². The molecule has 0 atom stereocenters. The summed E-state index contributed by atoms with van der Waals surface area (Å²) in [6.07, 6.45) is 4.85. The number of hydrogen-bond acceptors (Lipinski definition) is 4. The fourth-order valence-electron chi connectivity index (χ4n) is 2.48. The van der Waals surface area contributed by atoms with E-state index in [1.54, 1.807) is 35.3 Å². The highest BCUT2D eigenvalue weighted by atomic mass is 35.5. The van der Waals surface area contributed by atoms with Gasteiger partial charge in [0.15, 0.2) is 5.82 Å². The first-order valence-electron chi connectivity index (χ1n) is 7.52. The molecule has 0 bridgehead atoms. The first kappa shape index (κ1) is 15.3. The molecule has 0 unspecified atom stereocenters. The zero-order chi connectivity index (χ0) is 17.2. The molecule has 0 saturated carbocycles. The summed E-state index contributed by atoms with van der Waals surface area (Å²) < 4.78 is 1.66. The van der Waals surface area contributed by atoms with E-state index in [4.69, 9.17) is 11.6 Å². The number of nitrogens with one attached hydrogen (secondary N) is 1. The number of rotatable bonds is 3. The molecule has 25 heavy (non-hydrogen) atoms. The Morgan fingerprint density at radius 1 is 1.12 bits per heavy atom. The van der Waals surface area contributed by atoms with Gasteiger partial charge in [0, 0.05) is 0 Å². The Hall–Kier alpha value is -3.25. The van der Waals surface area contributed by atoms with Crippen molar-refractivity contribution in [1.29, 1.82) is 0 Å². The molecule has 0 spiro atoms. The summed E-state index contributed by atoms with van der Waals surface area (Å²) in [5.41, 5.74) is 2.16. The SMILES string of the molecule is O=c1[nH]c(/C(Cl)=C/c2ccc(-n3cncn3)cc2)nc2ccccc12. The second kappa shape index (κ2) is 6.33. The van der Waals surface area contributed by atoms with E-state index in [2.05, 4.69) is 20.1 Å². The number of para-hydroxylation sites is 1. The first-order valence-corrected chi connectivity index (χ1v) is 7.90. The Kier molecular flexibility index (Phi) is 3.87. The van der Waals surface area contributed by atoms with Crippen molar-refractivity contribution in [2.24, 2.45) is 0 Å². The van der Waals surface area contributed by atoms with Crippen LogP contribution < -0.4 is 5.56 Å². The molecule has 0 aliphatic carbocycles. The van der Waals surface area contributed by atoms with Gasteiger partial charge in [-0.3, -0.25) is 4.79 Å². The summed E-state index contributed by atoms with van der Waals surface area (Å²) in [5.74, 6) is 0.339. The average Bonchev–Trinajstić information content (AvgIpc) is 3.17. The van der Waals surface area contributed by atoms with Crippen LogP contribution in [0.1, 0.15) is 11.4 Å². The maximum atomic E-state index is 12.1. The molecule has 0 saturated heterocycles. The predicted molar refractivity (Wildman–Crippen MR) is 97.4 cm³/mol. The van der Waals surface area contributed by atoms with Gasteiger partial charge >= 0.3 is 0 Å². The van der Waals surface area contributed by atoms with Gasteiger partial charge in [0.25, 0.3) is 5.56 Å². The van der Waals surface area contributed by atoms with Gasteiger partial charge in [-0.25, -0.2) is 14.6 Å². The lowest BCUT2D eigenvalue weighted by atomic mass is 10.2. The van der Waals surface area contributed by atoms with Gasteiger partial charge in [-0.15, -0.1) is 0 Å². The van der Waals surface area contributed by atoms with Crippen LogP contribution in [0.25, 0.3) is 27.7 Å². The van der Waals surface area contributed by atoms with Gasteiger partial charge in [-0.05, 0) is 35.9 Å². The predicted octanol–water partition coefficient (Wildman–Crippen LogP) is 3.24. The van der Waals surface area contributed by atoms with Crippen LogP contribution in [0.4, 0.5) is 0 Å². The molecule has 0 aliphatic rings. The number of aromatic nitrogens is 5. The van der Waals surface area contributed by atoms with Crippen molar-refractivity contribution in [2.45, 2.75) is 0 Å². The third kappa shape index (κ3) is 3.07. The molecule has 2 heterocycles. The fraction of sp³-hybridized carbons (Fsp3) is 0. The topological polar surface area (TPSA) is 76.5 Å². The van der Waals surface area contributed by atoms with Gasteiger partial charge in [-0.1, -0.05) is 35.9 Å². The molecule has 2 aromatic heterocycles. The summed E-state index contributed by atoms with van der Waals surface area (Å²) in [7, 11) is 0. The second-order valence-corrected chi connectivity index (χ2v) is 5.76. The van der Waals surface area contributed by atoms with Crippen molar-refractivity contribution in [3.63, 3.8) is 0 Å². The van der Waals surface area contributed by atoms with Crippen LogP contribution in [0.5, 0.6) is 0 Å². The zero-order valence-corrected chi connectivity index (χ0v) is 13.7. The number of benzene rings is 2. The minimum atomic E-state index is -0.214. The maximum absolute atomic E-state index is 12.1. The number of aromatic amines is 1. The average molecular weight is 350 g/mol. The molecule has 4 aromatic rings. The third-order valence-corrected chi connectivity index (χ3v) is 4.00. The molecule has 122 valence electrons. The monoisotopic (exact) mass is 349 g/mol. The highest BCUT2D eigenvalue weighted by Crippen LogP contribution is 2.20. The van der Waals surface area contributed by atoms with Crippen molar-refractivity contribution in [1.82, 2.24) is 24.7 Å². The lowest BCUT2D eigenvalue weighted by Gasteiger charge is -2.03. The Morgan fingerprint density at radius 2 is 1.92 bits per heavy atom. The summed E-state index contributed by atoms with van der Waals surface area (Å²) in [5, 5.41) is 4.97. The third-order valence-electron chi connectivity index (χ3n) is 3.71. The quantitative estimate of drug-likeness (QED) is 0.616. The van der Waals surface area contributed by atoms with Crippen molar-refractivity contribution in [3.05, 3.63) is 82.9 Å². The molecule has 2 aromatic carbocycles. The summed E-state index contributed by atoms with van der Waals surface area (Å²) in [6, 6.07) is 14.8. The van der Waals surface area contributed by atoms with Crippen LogP contribution >= 0.6 is 11.6 Å². The number of nitrogens with zero attached hydrogens (tertiary/aromatic N) is 4. The van der Waals surface area contributed by atoms with Crippen molar-refractivity contribution < 1.29 is 0 Å². The van der Waals surface area contributed by atoms with Crippen molar-refractivity contribution >= 4 is 33.6 Å². The first-order chi connectivity index (χ1) is 12.2. The molecule has 7 heteroatoms. The van der Waals surface area contributed by atoms with Gasteiger partial charge in [0.1, 0.15) is 12.7 Å². The van der Waals surface area contributed by atoms with E-state index in [-0.39, 0.29) is 5.56 Å². The van der Waals surface area contributed by atoms with Crippen molar-refractivity contribution in [2.75, 3.05) is 0 Å². The molecule has 0 aliphatic heterocycles. The van der Waals surface area contributed by atoms with Crippen LogP contribution in [0.15, 0.2) is 66.0 Å². The van der Waals surface area contributed by atoms with Gasteiger partial charge < -0.3 is 4.98 Å². The Balaban J connectivity index is 1.68. The lowest BCUT2D eigenvalue weighted by molar-refractivity contribution is 0.879. The van der Waals surface area contributed by atoms with Gasteiger partial charge in [0.2, 0.25) is 0 Å². The Bertz CT molecular complexity index is 1110. The van der Waals surface area contributed by atoms with E-state index in [1.165, 1.54) is 6.33 Å². The summed E-state index contributed by atoms with van der Waals surface area (Å²) in [4.78, 5) is 23.2. The Labute approximate surface area is 147 Å². The molecule has 0 amide bonds. The Morgan fingerprint density at radius 3 is 2.68 bits per heavy atom. The van der Waals surface area contributed by atoms with E-state index in [0.29, 0.717) is 21.8 Å². The van der Waals surface area contributed by atoms with E-state index < -0.39 is 0 Å². The van der Waals surface area contributed by atoms with Gasteiger partial charge in [-0.2, -0.15) is 5.10 Å². The number of H-pyrrole nitrogens is 1. The van der Waals surface area contributed by atoms with Crippen molar-refractivity contribution in [3.8, 4) is 5.69 Å². The van der Waals surface area contributed by atoms with Gasteiger partial charge in [0.05, 0.1) is 21.6 Å². The summed E-state index contributed by atoms with van der Waals surface area (Å²) >= 11 is 6.35. The van der Waals surface area contributed by atoms with E-state index in [9.17, 15) is 4.79 Å². The number of fused-ring (bicyclic) bond motifs is 1. The smallest absolute Gasteiger partial charge is 0.259 e. The highest BCUT2D eigenvalue weighted by molar-refractivity contribution is 6.50. The van der Waals surface area contributed by atoms with E-state index in [0.717, 1.165) is 11.3 Å². The molecule has 0 fully saturated rings. The fourth-order valence-corrected chi connectivity index (χ4v) is 2.69. The molecule has 4 rings (SSSR count). The minimum Gasteiger partial charge on any atom is -0.305 e. The molecular weight excluding hydrogens is 338 g/mol. The molecule has 0 radical (unpaired) electrons. The minimum absolute atomic E-state index is 0.214. The number of halogens is 1. The van der Waals surface area contributed by atoms with Crippen LogP contribution in [0, 0.1) is 0 Å². The lowest BCUT2D eigenvalue weighted by Crippen LogP contribution is -2.10. The zero-order valence-electron chi connectivity index (χ0n) is 12.9. The van der Waals surface area contributed by atoms with Crippen LogP contribution in [-0.4, -0.2) is 24.7 Å². The number of hydrogen-bond donors (Lipinski definition) is 1. The molecule has 1 N–H and O–H groups in total. The molecule has 6 nitrogen and oxygen atoms in total. The summed E-state index contributed by atoms with van der Waals surface area (Å²) in [6.45, 7) is 0. The standard InChI is InChI=1S/C18H12ClN5O/c19-15(17-22-16-4-2-1-3-14(16)18(25)23-17)9-12-5-7-13(8-6-12)24-11-20-10-21-24/h1-11H,(H,22,23,25)/b15-9-.